The summed E-state index contributed by atoms with van der Waals surface area (Å²) >= 11 is 5.82. The molecule has 0 aliphatic heterocycles. The van der Waals surface area contributed by atoms with Crippen LogP contribution in [0, 0.1) is 0 Å². The van der Waals surface area contributed by atoms with E-state index < -0.39 is 0 Å². The maximum absolute atomic E-state index is 5.82. The number of allylic oxidation sites excluding steroid dienone is 1. The van der Waals surface area contributed by atoms with Gasteiger partial charge in [0.1, 0.15) is 0 Å². The number of rotatable bonds is 3. The van der Waals surface area contributed by atoms with Crippen LogP contribution in [0.4, 0.5) is 0 Å². The highest BCUT2D eigenvalue weighted by molar-refractivity contribution is 6.30. The van der Waals surface area contributed by atoms with Gasteiger partial charge in [-0.15, -0.1) is 0 Å². The second kappa shape index (κ2) is 5.53. The Kier molecular flexibility index (Phi) is 3.79. The van der Waals surface area contributed by atoms with E-state index >= 15 is 0 Å². The molecule has 2 aromatic rings. The first-order valence-electron chi connectivity index (χ1n) is 5.30. The quantitative estimate of drug-likeness (QED) is 0.721. The van der Waals surface area contributed by atoms with Crippen LogP contribution in [-0.4, -0.2) is 0 Å². The normalized spacial score (nSPS) is 10.8. The molecule has 0 atom stereocenters. The van der Waals surface area contributed by atoms with Gasteiger partial charge in [-0.2, -0.15) is 0 Å². The van der Waals surface area contributed by atoms with Gasteiger partial charge in [-0.25, -0.2) is 0 Å². The first-order valence-corrected chi connectivity index (χ1v) is 5.68. The summed E-state index contributed by atoms with van der Waals surface area (Å²) in [5.41, 5.74) is 2.51. The van der Waals surface area contributed by atoms with E-state index in [9.17, 15) is 0 Å². The van der Waals surface area contributed by atoms with Gasteiger partial charge in [0, 0.05) is 5.02 Å². The van der Waals surface area contributed by atoms with Crippen molar-refractivity contribution >= 4 is 17.7 Å². The van der Waals surface area contributed by atoms with E-state index in [0.717, 1.165) is 11.4 Å². The standard InChI is InChI=1S/C15H13Cl/c16-15-11-9-14(10-12-15)8-4-7-13-5-2-1-3-6-13/h1-7,9-12H,8H2/b7-4+. The summed E-state index contributed by atoms with van der Waals surface area (Å²) in [4.78, 5) is 0. The minimum absolute atomic E-state index is 0.788. The number of benzene rings is 2. The Labute approximate surface area is 101 Å². The first-order chi connectivity index (χ1) is 7.84. The van der Waals surface area contributed by atoms with E-state index in [1.54, 1.807) is 0 Å². The van der Waals surface area contributed by atoms with Gasteiger partial charge in [0.25, 0.3) is 0 Å². The minimum atomic E-state index is 0.788. The molecule has 0 bridgehead atoms. The Morgan fingerprint density at radius 2 is 1.56 bits per heavy atom. The summed E-state index contributed by atoms with van der Waals surface area (Å²) in [7, 11) is 0. The van der Waals surface area contributed by atoms with Crippen LogP contribution in [0.2, 0.25) is 5.02 Å². The second-order valence-corrected chi connectivity index (χ2v) is 4.08. The average molecular weight is 229 g/mol. The van der Waals surface area contributed by atoms with Gasteiger partial charge in [-0.1, -0.05) is 66.2 Å². The molecule has 0 saturated heterocycles. The van der Waals surface area contributed by atoms with E-state index in [-0.39, 0.29) is 0 Å². The van der Waals surface area contributed by atoms with Gasteiger partial charge >= 0.3 is 0 Å². The third-order valence-electron chi connectivity index (χ3n) is 2.38. The van der Waals surface area contributed by atoms with Gasteiger partial charge < -0.3 is 0 Å². The second-order valence-electron chi connectivity index (χ2n) is 3.64. The van der Waals surface area contributed by atoms with E-state index in [4.69, 9.17) is 11.6 Å². The van der Waals surface area contributed by atoms with Gasteiger partial charge in [0.15, 0.2) is 0 Å². The third-order valence-corrected chi connectivity index (χ3v) is 2.63. The largest absolute Gasteiger partial charge is 0.0843 e. The number of halogens is 1. The van der Waals surface area contributed by atoms with Crippen LogP contribution in [0.5, 0.6) is 0 Å². The fraction of sp³-hybridized carbons (Fsp3) is 0.0667. The molecule has 0 unspecified atom stereocenters. The predicted octanol–water partition coefficient (Wildman–Crippen LogP) is 4.60. The van der Waals surface area contributed by atoms with Crippen molar-refractivity contribution in [1.82, 2.24) is 0 Å². The van der Waals surface area contributed by atoms with E-state index in [1.165, 1.54) is 11.1 Å². The van der Waals surface area contributed by atoms with Crippen molar-refractivity contribution in [3.63, 3.8) is 0 Å². The smallest absolute Gasteiger partial charge is 0.0406 e. The molecule has 0 saturated carbocycles. The van der Waals surface area contributed by atoms with Crippen LogP contribution in [0.3, 0.4) is 0 Å². The Hall–Kier alpha value is -1.53. The molecule has 0 N–H and O–H groups in total. The van der Waals surface area contributed by atoms with Crippen LogP contribution in [0.15, 0.2) is 60.7 Å². The van der Waals surface area contributed by atoms with Crippen molar-refractivity contribution in [3.8, 4) is 0 Å². The molecular formula is C15H13Cl. The minimum Gasteiger partial charge on any atom is -0.0843 e. The molecule has 16 heavy (non-hydrogen) atoms. The van der Waals surface area contributed by atoms with Crippen molar-refractivity contribution < 1.29 is 0 Å². The van der Waals surface area contributed by atoms with Crippen LogP contribution < -0.4 is 0 Å². The molecule has 0 radical (unpaired) electrons. The van der Waals surface area contributed by atoms with Gasteiger partial charge in [0.05, 0.1) is 0 Å². The summed E-state index contributed by atoms with van der Waals surface area (Å²) in [5.74, 6) is 0. The highest BCUT2D eigenvalue weighted by Gasteiger charge is 1.90. The van der Waals surface area contributed by atoms with E-state index in [1.807, 2.05) is 30.3 Å². The average Bonchev–Trinajstić information content (AvgIpc) is 2.33. The summed E-state index contributed by atoms with van der Waals surface area (Å²) in [5, 5.41) is 0.788. The Morgan fingerprint density at radius 3 is 2.25 bits per heavy atom. The fourth-order valence-corrected chi connectivity index (χ4v) is 1.64. The van der Waals surface area contributed by atoms with Crippen LogP contribution in [0.1, 0.15) is 11.1 Å². The lowest BCUT2D eigenvalue weighted by atomic mass is 10.1. The summed E-state index contributed by atoms with van der Waals surface area (Å²) in [6.45, 7) is 0. The molecule has 80 valence electrons. The van der Waals surface area contributed by atoms with Crippen molar-refractivity contribution in [3.05, 3.63) is 76.8 Å². The molecule has 2 rings (SSSR count). The number of hydrogen-bond acceptors (Lipinski definition) is 0. The summed E-state index contributed by atoms with van der Waals surface area (Å²) < 4.78 is 0. The molecule has 2 aromatic carbocycles. The topological polar surface area (TPSA) is 0 Å². The third kappa shape index (κ3) is 3.25. The van der Waals surface area contributed by atoms with Gasteiger partial charge in [-0.05, 0) is 29.7 Å². The Bertz CT molecular complexity index is 455. The van der Waals surface area contributed by atoms with Crippen molar-refractivity contribution in [2.24, 2.45) is 0 Å². The van der Waals surface area contributed by atoms with Crippen molar-refractivity contribution in [2.45, 2.75) is 6.42 Å². The maximum atomic E-state index is 5.82. The first kappa shape index (κ1) is 11.0. The molecule has 0 fully saturated rings. The summed E-state index contributed by atoms with van der Waals surface area (Å²) in [6.07, 6.45) is 5.24. The van der Waals surface area contributed by atoms with Crippen LogP contribution in [-0.2, 0) is 6.42 Å². The van der Waals surface area contributed by atoms with E-state index in [2.05, 4.69) is 36.4 Å². The van der Waals surface area contributed by atoms with Gasteiger partial charge in [0.2, 0.25) is 0 Å². The zero-order valence-electron chi connectivity index (χ0n) is 8.94. The van der Waals surface area contributed by atoms with E-state index in [0.29, 0.717) is 0 Å². The van der Waals surface area contributed by atoms with Crippen LogP contribution >= 0.6 is 11.6 Å². The molecule has 0 amide bonds. The lowest BCUT2D eigenvalue weighted by Crippen LogP contribution is -1.79. The number of hydrogen-bond donors (Lipinski definition) is 0. The highest BCUT2D eigenvalue weighted by atomic mass is 35.5. The maximum Gasteiger partial charge on any atom is 0.0406 e. The lowest BCUT2D eigenvalue weighted by Gasteiger charge is -1.96. The molecule has 0 aromatic heterocycles. The van der Waals surface area contributed by atoms with Crippen molar-refractivity contribution in [1.29, 1.82) is 0 Å². The van der Waals surface area contributed by atoms with Gasteiger partial charge in [-0.3, -0.25) is 0 Å². The SMILES string of the molecule is Clc1ccc(C/C=C/c2ccccc2)cc1. The lowest BCUT2D eigenvalue weighted by molar-refractivity contribution is 1.28. The predicted molar refractivity (Wildman–Crippen MR) is 70.6 cm³/mol. The zero-order valence-corrected chi connectivity index (χ0v) is 9.69. The monoisotopic (exact) mass is 228 g/mol. The van der Waals surface area contributed by atoms with Crippen LogP contribution in [0.25, 0.3) is 6.08 Å². The molecule has 1 heteroatoms. The molecule has 0 spiro atoms. The Balaban J connectivity index is 1.97. The van der Waals surface area contributed by atoms with Crippen molar-refractivity contribution in [2.75, 3.05) is 0 Å². The molecule has 0 nitrogen and oxygen atoms in total. The molecule has 0 aliphatic carbocycles. The molecule has 0 heterocycles. The molecule has 0 aliphatic rings. The fourth-order valence-electron chi connectivity index (χ4n) is 1.52. The summed E-state index contributed by atoms with van der Waals surface area (Å²) in [6, 6.07) is 18.3. The highest BCUT2D eigenvalue weighted by Crippen LogP contribution is 2.11. The zero-order chi connectivity index (χ0) is 11.2. The molecular weight excluding hydrogens is 216 g/mol. The Morgan fingerprint density at radius 1 is 0.875 bits per heavy atom.